The summed E-state index contributed by atoms with van der Waals surface area (Å²) in [7, 11) is 0. The van der Waals surface area contributed by atoms with Crippen LogP contribution in [-0.2, 0) is 9.59 Å². The Morgan fingerprint density at radius 3 is 2.50 bits per heavy atom. The van der Waals surface area contributed by atoms with Gasteiger partial charge in [0.1, 0.15) is 5.82 Å². The van der Waals surface area contributed by atoms with Gasteiger partial charge in [-0.15, -0.1) is 0 Å². The summed E-state index contributed by atoms with van der Waals surface area (Å²) in [5.74, 6) is -0.754. The third kappa shape index (κ3) is 4.69. The lowest BCUT2D eigenvalue weighted by Crippen LogP contribution is -3.15. The Morgan fingerprint density at radius 2 is 1.86 bits per heavy atom. The highest BCUT2D eigenvalue weighted by Gasteiger charge is 2.32. The molecule has 2 heterocycles. The predicted molar refractivity (Wildman–Crippen MR) is 102 cm³/mol. The normalized spacial score (nSPS) is 15.9. The molecule has 0 spiro atoms. The van der Waals surface area contributed by atoms with E-state index in [-0.39, 0.29) is 11.9 Å². The van der Waals surface area contributed by atoms with Gasteiger partial charge in [-0.05, 0) is 31.2 Å². The van der Waals surface area contributed by atoms with Gasteiger partial charge < -0.3 is 24.9 Å². The number of nitrogens with zero attached hydrogens (tertiary/aromatic N) is 1. The molecule has 7 nitrogen and oxygen atoms in total. The summed E-state index contributed by atoms with van der Waals surface area (Å²) in [5, 5.41) is 5.19. The first-order valence-electron chi connectivity index (χ1n) is 9.53. The molecule has 1 aliphatic heterocycles. The maximum absolute atomic E-state index is 14.1. The fraction of sp³-hybridized carbons (Fsp3) is 0.400. The Labute approximate surface area is 163 Å². The van der Waals surface area contributed by atoms with Gasteiger partial charge in [-0.1, -0.05) is 12.1 Å². The number of carbonyl (C=O) groups excluding carboxylic acids is 2. The molecule has 3 rings (SSSR count). The van der Waals surface area contributed by atoms with Gasteiger partial charge in [-0.25, -0.2) is 4.39 Å². The summed E-state index contributed by atoms with van der Waals surface area (Å²) in [4.78, 5) is 26.9. The van der Waals surface area contributed by atoms with Gasteiger partial charge in [0.15, 0.2) is 11.8 Å². The van der Waals surface area contributed by atoms with Crippen molar-refractivity contribution in [2.45, 2.75) is 13.0 Å². The number of piperazine rings is 1. The van der Waals surface area contributed by atoms with Crippen LogP contribution in [0, 0.1) is 5.82 Å². The predicted octanol–water partition coefficient (Wildman–Crippen LogP) is 0.117. The lowest BCUT2D eigenvalue weighted by Gasteiger charge is -2.37. The number of para-hydroxylation sites is 1. The molecular weight excluding hydrogens is 363 g/mol. The molecule has 0 unspecified atom stereocenters. The van der Waals surface area contributed by atoms with E-state index in [0.29, 0.717) is 31.9 Å². The molecule has 1 aromatic carbocycles. The second-order valence-electron chi connectivity index (χ2n) is 6.73. The zero-order chi connectivity index (χ0) is 19.9. The van der Waals surface area contributed by atoms with E-state index in [1.165, 1.54) is 11.0 Å². The summed E-state index contributed by atoms with van der Waals surface area (Å²) in [6.45, 7) is 5.36. The number of quaternary nitrogens is 1. The highest BCUT2D eigenvalue weighted by Crippen LogP contribution is 2.19. The van der Waals surface area contributed by atoms with Gasteiger partial charge in [-0.3, -0.25) is 9.59 Å². The first-order valence-corrected chi connectivity index (χ1v) is 9.53. The SMILES string of the molecule is CCNC(=O)C(=O)NC[C@H](c1ccco1)[NH+]1CCN(c2ccccc2F)CC1. The van der Waals surface area contributed by atoms with E-state index in [2.05, 4.69) is 10.6 Å². The fourth-order valence-corrected chi connectivity index (χ4v) is 3.54. The van der Waals surface area contributed by atoms with Crippen molar-refractivity contribution in [1.82, 2.24) is 10.6 Å². The number of hydrogen-bond acceptors (Lipinski definition) is 4. The number of benzene rings is 1. The van der Waals surface area contributed by atoms with Crippen LogP contribution in [0.3, 0.4) is 0 Å². The second-order valence-corrected chi connectivity index (χ2v) is 6.73. The third-order valence-electron chi connectivity index (χ3n) is 4.99. The Kier molecular flexibility index (Phi) is 6.65. The number of anilines is 1. The zero-order valence-corrected chi connectivity index (χ0v) is 15.9. The molecule has 3 N–H and O–H groups in total. The van der Waals surface area contributed by atoms with Gasteiger partial charge in [-0.2, -0.15) is 0 Å². The molecule has 0 radical (unpaired) electrons. The molecule has 150 valence electrons. The molecule has 2 amide bonds. The maximum atomic E-state index is 14.1. The van der Waals surface area contributed by atoms with Gasteiger partial charge >= 0.3 is 11.8 Å². The number of likely N-dealkylation sites (N-methyl/N-ethyl adjacent to an activating group) is 1. The number of nitrogens with one attached hydrogen (secondary N) is 3. The zero-order valence-electron chi connectivity index (χ0n) is 15.9. The number of amides is 2. The van der Waals surface area contributed by atoms with Crippen LogP contribution in [0.25, 0.3) is 0 Å². The minimum Gasteiger partial charge on any atom is -0.463 e. The van der Waals surface area contributed by atoms with Gasteiger partial charge in [0, 0.05) is 6.54 Å². The summed E-state index contributed by atoms with van der Waals surface area (Å²) in [6, 6.07) is 10.3. The van der Waals surface area contributed by atoms with Gasteiger partial charge in [0.05, 0.1) is 44.7 Å². The fourth-order valence-electron chi connectivity index (χ4n) is 3.54. The molecule has 0 saturated carbocycles. The minimum absolute atomic E-state index is 0.115. The van der Waals surface area contributed by atoms with E-state index in [9.17, 15) is 14.0 Å². The molecule has 1 atom stereocenters. The van der Waals surface area contributed by atoms with E-state index in [1.807, 2.05) is 23.1 Å². The van der Waals surface area contributed by atoms with Crippen molar-refractivity contribution in [3.05, 3.63) is 54.2 Å². The molecule has 8 heteroatoms. The lowest BCUT2D eigenvalue weighted by molar-refractivity contribution is -0.932. The third-order valence-corrected chi connectivity index (χ3v) is 4.99. The first kappa shape index (κ1) is 19.9. The molecule has 1 fully saturated rings. The van der Waals surface area contributed by atoms with Crippen LogP contribution in [0.1, 0.15) is 18.7 Å². The van der Waals surface area contributed by atoms with Crippen LogP contribution in [0.15, 0.2) is 47.1 Å². The smallest absolute Gasteiger partial charge is 0.309 e. The topological polar surface area (TPSA) is 79.0 Å². The van der Waals surface area contributed by atoms with Crippen LogP contribution in [0.2, 0.25) is 0 Å². The van der Waals surface area contributed by atoms with Crippen LogP contribution in [0.5, 0.6) is 0 Å². The summed E-state index contributed by atoms with van der Waals surface area (Å²) in [6.07, 6.45) is 1.60. The molecular formula is C20H26FN4O3+. The second kappa shape index (κ2) is 9.36. The molecule has 0 aliphatic carbocycles. The Bertz CT molecular complexity index is 789. The Morgan fingerprint density at radius 1 is 1.14 bits per heavy atom. The Hall–Kier alpha value is -2.87. The number of hydrogen-bond donors (Lipinski definition) is 3. The monoisotopic (exact) mass is 389 g/mol. The molecule has 1 saturated heterocycles. The first-order chi connectivity index (χ1) is 13.6. The van der Waals surface area contributed by atoms with Crippen LogP contribution in [-0.4, -0.2) is 51.1 Å². The van der Waals surface area contributed by atoms with Crippen molar-refractivity contribution in [2.24, 2.45) is 0 Å². The average molecular weight is 389 g/mol. The number of halogens is 1. The van der Waals surface area contributed by atoms with Crippen molar-refractivity contribution in [2.75, 3.05) is 44.2 Å². The van der Waals surface area contributed by atoms with Crippen molar-refractivity contribution in [3.8, 4) is 0 Å². The minimum atomic E-state index is -0.650. The largest absolute Gasteiger partial charge is 0.463 e. The van der Waals surface area contributed by atoms with E-state index < -0.39 is 11.8 Å². The summed E-state index contributed by atoms with van der Waals surface area (Å²) < 4.78 is 19.6. The summed E-state index contributed by atoms with van der Waals surface area (Å²) in [5.41, 5.74) is 0.612. The van der Waals surface area contributed by atoms with Gasteiger partial charge in [0.2, 0.25) is 0 Å². The van der Waals surface area contributed by atoms with Crippen molar-refractivity contribution in [3.63, 3.8) is 0 Å². The van der Waals surface area contributed by atoms with Crippen LogP contribution < -0.4 is 20.4 Å². The highest BCUT2D eigenvalue weighted by molar-refractivity contribution is 6.35. The molecule has 1 aliphatic rings. The molecule has 28 heavy (non-hydrogen) atoms. The number of furan rings is 1. The van der Waals surface area contributed by atoms with E-state index in [0.717, 1.165) is 18.8 Å². The van der Waals surface area contributed by atoms with Crippen molar-refractivity contribution >= 4 is 17.5 Å². The molecule has 2 aromatic rings. The number of carbonyl (C=O) groups is 2. The summed E-state index contributed by atoms with van der Waals surface area (Å²) >= 11 is 0. The van der Waals surface area contributed by atoms with E-state index in [1.54, 1.807) is 25.3 Å². The highest BCUT2D eigenvalue weighted by atomic mass is 19.1. The quantitative estimate of drug-likeness (QED) is 0.613. The number of rotatable bonds is 6. The van der Waals surface area contributed by atoms with Crippen molar-refractivity contribution < 1.29 is 23.3 Å². The van der Waals surface area contributed by atoms with Gasteiger partial charge in [0.25, 0.3) is 0 Å². The van der Waals surface area contributed by atoms with E-state index in [4.69, 9.17) is 4.42 Å². The molecule has 1 aromatic heterocycles. The van der Waals surface area contributed by atoms with Crippen LogP contribution >= 0.6 is 0 Å². The maximum Gasteiger partial charge on any atom is 0.309 e. The standard InChI is InChI=1S/C20H25FN4O3/c1-2-22-19(26)20(27)23-14-17(18-8-5-13-28-18)25-11-9-24(10-12-25)16-7-4-3-6-15(16)21/h3-8,13,17H,2,9-12,14H2,1H3,(H,22,26)(H,23,27)/p+1/t17-/m1/s1. The van der Waals surface area contributed by atoms with Crippen LogP contribution in [0.4, 0.5) is 10.1 Å². The van der Waals surface area contributed by atoms with Crippen molar-refractivity contribution in [1.29, 1.82) is 0 Å². The van der Waals surface area contributed by atoms with E-state index >= 15 is 0 Å². The average Bonchev–Trinajstić information content (AvgIpc) is 3.23. The lowest BCUT2D eigenvalue weighted by atomic mass is 10.1. The molecule has 0 bridgehead atoms. The Balaban J connectivity index is 1.63.